The number of halogens is 1. The summed E-state index contributed by atoms with van der Waals surface area (Å²) in [6, 6.07) is 0.205. The van der Waals surface area contributed by atoms with Gasteiger partial charge in [-0.3, -0.25) is 19.5 Å². The number of aliphatic imine (C=N–C) groups is 1. The molecule has 3 aliphatic rings. The highest BCUT2D eigenvalue weighted by molar-refractivity contribution is 9.10. The van der Waals surface area contributed by atoms with Gasteiger partial charge < -0.3 is 9.47 Å². The number of amides is 1. The second-order valence-electron chi connectivity index (χ2n) is 8.59. The molecule has 3 unspecified atom stereocenters. The molecule has 3 rings (SSSR count). The molecule has 2 fully saturated rings. The third-order valence-electron chi connectivity index (χ3n) is 6.60. The maximum Gasteiger partial charge on any atom is 0.319 e. The van der Waals surface area contributed by atoms with Crippen molar-refractivity contribution in [1.29, 1.82) is 0 Å². The van der Waals surface area contributed by atoms with Gasteiger partial charge in [-0.15, -0.1) is 0 Å². The van der Waals surface area contributed by atoms with Gasteiger partial charge in [0.25, 0.3) is 0 Å². The first-order valence-electron chi connectivity index (χ1n) is 11.3. The van der Waals surface area contributed by atoms with Crippen molar-refractivity contribution < 1.29 is 19.1 Å². The summed E-state index contributed by atoms with van der Waals surface area (Å²) in [5.74, 6) is 1.56. The largest absolute Gasteiger partial charge is 0.465 e. The van der Waals surface area contributed by atoms with Crippen LogP contribution in [0.5, 0.6) is 0 Å². The Balaban J connectivity index is 1.37. The Morgan fingerprint density at radius 2 is 1.93 bits per heavy atom. The van der Waals surface area contributed by atoms with Crippen LogP contribution in [-0.4, -0.2) is 59.3 Å². The number of alkyl halides is 1. The standard InChI is InChI=1S/C22H35BrN2O4/c1-3-28-22(27)19(23)14-16-8-10-17(11-9-16)29-13-12-25-15(2)24-20-7-5-4-6-18(20)21(25)26/h16-20H,3-14H2,1-2H3. The summed E-state index contributed by atoms with van der Waals surface area (Å²) in [5, 5.41) is 0. The summed E-state index contributed by atoms with van der Waals surface area (Å²) in [7, 11) is 0. The topological polar surface area (TPSA) is 68.2 Å². The molecule has 1 aliphatic heterocycles. The number of esters is 1. The molecule has 0 aromatic rings. The lowest BCUT2D eigenvalue weighted by atomic mass is 9.83. The molecule has 0 N–H and O–H groups in total. The van der Waals surface area contributed by atoms with E-state index < -0.39 is 0 Å². The van der Waals surface area contributed by atoms with E-state index in [1.165, 1.54) is 6.42 Å². The molecule has 0 aromatic heterocycles. The summed E-state index contributed by atoms with van der Waals surface area (Å²) >= 11 is 3.46. The van der Waals surface area contributed by atoms with Crippen molar-refractivity contribution in [2.45, 2.75) is 88.6 Å². The number of carbonyl (C=O) groups excluding carboxylic acids is 2. The van der Waals surface area contributed by atoms with Gasteiger partial charge in [0.15, 0.2) is 0 Å². The summed E-state index contributed by atoms with van der Waals surface area (Å²) < 4.78 is 11.2. The van der Waals surface area contributed by atoms with Crippen molar-refractivity contribution >= 4 is 33.6 Å². The first-order valence-corrected chi connectivity index (χ1v) is 12.2. The van der Waals surface area contributed by atoms with Gasteiger partial charge >= 0.3 is 5.97 Å². The second-order valence-corrected chi connectivity index (χ2v) is 9.70. The van der Waals surface area contributed by atoms with E-state index in [4.69, 9.17) is 14.5 Å². The van der Waals surface area contributed by atoms with Gasteiger partial charge in [0.05, 0.1) is 37.8 Å². The summed E-state index contributed by atoms with van der Waals surface area (Å²) in [5.41, 5.74) is 0. The van der Waals surface area contributed by atoms with Gasteiger partial charge in [-0.05, 0) is 64.7 Å². The summed E-state index contributed by atoms with van der Waals surface area (Å²) in [6.07, 6.45) is 9.59. The second kappa shape index (κ2) is 10.9. The highest BCUT2D eigenvalue weighted by Gasteiger charge is 2.38. The lowest BCUT2D eigenvalue weighted by molar-refractivity contribution is -0.142. The lowest BCUT2D eigenvalue weighted by Crippen LogP contribution is -2.50. The number of fused-ring (bicyclic) bond motifs is 1. The van der Waals surface area contributed by atoms with Crippen molar-refractivity contribution in [3.8, 4) is 0 Å². The lowest BCUT2D eigenvalue weighted by Gasteiger charge is -2.38. The Kier molecular flexibility index (Phi) is 8.54. The molecule has 1 amide bonds. The smallest absolute Gasteiger partial charge is 0.319 e. The Bertz CT molecular complexity index is 604. The summed E-state index contributed by atoms with van der Waals surface area (Å²) in [6.45, 7) is 5.37. The van der Waals surface area contributed by atoms with E-state index in [9.17, 15) is 9.59 Å². The van der Waals surface area contributed by atoms with Crippen molar-refractivity contribution in [3.05, 3.63) is 0 Å². The number of hydrogen-bond donors (Lipinski definition) is 0. The molecule has 164 valence electrons. The van der Waals surface area contributed by atoms with E-state index in [1.807, 2.05) is 18.7 Å². The number of ether oxygens (including phenoxy) is 2. The highest BCUT2D eigenvalue weighted by atomic mass is 79.9. The van der Waals surface area contributed by atoms with Gasteiger partial charge in [-0.2, -0.15) is 0 Å². The molecule has 3 atom stereocenters. The predicted molar refractivity (Wildman–Crippen MR) is 116 cm³/mol. The number of amidine groups is 1. The Labute approximate surface area is 182 Å². The number of carbonyl (C=O) groups is 2. The minimum Gasteiger partial charge on any atom is -0.465 e. The maximum atomic E-state index is 12.8. The Morgan fingerprint density at radius 1 is 1.21 bits per heavy atom. The van der Waals surface area contributed by atoms with Crippen LogP contribution < -0.4 is 0 Å². The van der Waals surface area contributed by atoms with Crippen LogP contribution in [0.4, 0.5) is 0 Å². The zero-order valence-corrected chi connectivity index (χ0v) is 19.4. The number of nitrogens with zero attached hydrogens (tertiary/aromatic N) is 2. The van der Waals surface area contributed by atoms with Gasteiger partial charge in [-0.25, -0.2) is 0 Å². The Hall–Kier alpha value is -0.950. The van der Waals surface area contributed by atoms with E-state index in [0.29, 0.717) is 25.7 Å². The van der Waals surface area contributed by atoms with Crippen LogP contribution in [0.25, 0.3) is 0 Å². The molecule has 0 spiro atoms. The van der Waals surface area contributed by atoms with E-state index in [0.717, 1.165) is 57.2 Å². The average molecular weight is 471 g/mol. The fourth-order valence-corrected chi connectivity index (χ4v) is 5.62. The van der Waals surface area contributed by atoms with Crippen molar-refractivity contribution in [3.63, 3.8) is 0 Å². The monoisotopic (exact) mass is 470 g/mol. The van der Waals surface area contributed by atoms with E-state index in [-0.39, 0.29) is 34.8 Å². The fraction of sp³-hybridized carbons (Fsp3) is 0.864. The van der Waals surface area contributed by atoms with Crippen molar-refractivity contribution in [2.75, 3.05) is 19.8 Å². The van der Waals surface area contributed by atoms with Gasteiger partial charge in [0.1, 0.15) is 10.7 Å². The molecule has 2 aliphatic carbocycles. The van der Waals surface area contributed by atoms with Gasteiger partial charge in [0, 0.05) is 0 Å². The zero-order chi connectivity index (χ0) is 20.8. The molecule has 1 heterocycles. The quantitative estimate of drug-likeness (QED) is 0.395. The highest BCUT2D eigenvalue weighted by Crippen LogP contribution is 2.33. The summed E-state index contributed by atoms with van der Waals surface area (Å²) in [4.78, 5) is 31.0. The molecule has 7 heteroatoms. The van der Waals surface area contributed by atoms with Crippen LogP contribution in [-0.2, 0) is 19.1 Å². The third kappa shape index (κ3) is 6.03. The van der Waals surface area contributed by atoms with Crippen molar-refractivity contribution in [2.24, 2.45) is 16.8 Å². The molecular formula is C22H35BrN2O4. The molecule has 2 saturated carbocycles. The molecule has 0 aromatic carbocycles. The van der Waals surface area contributed by atoms with Crippen LogP contribution in [0.2, 0.25) is 0 Å². The van der Waals surface area contributed by atoms with Gasteiger partial charge in [0.2, 0.25) is 5.91 Å². The zero-order valence-electron chi connectivity index (χ0n) is 17.8. The number of rotatable bonds is 8. The van der Waals surface area contributed by atoms with E-state index in [2.05, 4.69) is 15.9 Å². The third-order valence-corrected chi connectivity index (χ3v) is 7.35. The molecule has 0 radical (unpaired) electrons. The molecular weight excluding hydrogens is 436 g/mol. The molecule has 29 heavy (non-hydrogen) atoms. The SMILES string of the molecule is CCOC(=O)C(Br)CC1CCC(OCCN2C(=O)C3CCCCC3N=C2C)CC1. The molecule has 6 nitrogen and oxygen atoms in total. The van der Waals surface area contributed by atoms with E-state index >= 15 is 0 Å². The van der Waals surface area contributed by atoms with Crippen molar-refractivity contribution in [1.82, 2.24) is 4.90 Å². The molecule has 0 saturated heterocycles. The maximum absolute atomic E-state index is 12.8. The van der Waals surface area contributed by atoms with Crippen LogP contribution in [0.15, 0.2) is 4.99 Å². The van der Waals surface area contributed by atoms with Crippen LogP contribution >= 0.6 is 15.9 Å². The van der Waals surface area contributed by atoms with Crippen LogP contribution in [0.3, 0.4) is 0 Å². The van der Waals surface area contributed by atoms with Crippen LogP contribution in [0, 0.1) is 11.8 Å². The van der Waals surface area contributed by atoms with E-state index in [1.54, 1.807) is 0 Å². The molecule has 0 bridgehead atoms. The Morgan fingerprint density at radius 3 is 2.66 bits per heavy atom. The normalized spacial score (nSPS) is 31.1. The minimum absolute atomic E-state index is 0.0829. The first kappa shape index (κ1) is 22.7. The number of hydrogen-bond acceptors (Lipinski definition) is 5. The predicted octanol–water partition coefficient (Wildman–Crippen LogP) is 4.10. The fourth-order valence-electron chi connectivity index (χ4n) is 4.96. The van der Waals surface area contributed by atoms with Crippen LogP contribution in [0.1, 0.15) is 71.6 Å². The average Bonchev–Trinajstić information content (AvgIpc) is 2.72. The first-order chi connectivity index (χ1) is 14.0. The van der Waals surface area contributed by atoms with Gasteiger partial charge in [-0.1, -0.05) is 28.8 Å². The minimum atomic E-state index is -0.207.